The van der Waals surface area contributed by atoms with Gasteiger partial charge in [-0.05, 0) is 6.92 Å². The number of aryl methyl sites for hydroxylation is 1. The van der Waals surface area contributed by atoms with E-state index in [-0.39, 0.29) is 6.04 Å². The number of ether oxygens (including phenoxy) is 1. The Balaban J connectivity index is 2.09. The first-order valence-electron chi connectivity index (χ1n) is 5.21. The molecule has 17 heavy (non-hydrogen) atoms. The maximum Gasteiger partial charge on any atom is 0.216 e. The minimum Gasteiger partial charge on any atom is -0.481 e. The molecule has 0 radical (unpaired) electrons. The molecule has 6 heteroatoms. The molecule has 0 saturated heterocycles. The summed E-state index contributed by atoms with van der Waals surface area (Å²) in [4.78, 5) is 12.5. The smallest absolute Gasteiger partial charge is 0.216 e. The molecule has 0 amide bonds. The monoisotopic (exact) mass is 250 g/mol. The van der Waals surface area contributed by atoms with E-state index >= 15 is 0 Å². The van der Waals surface area contributed by atoms with Crippen LogP contribution in [0.5, 0.6) is 5.88 Å². The molecule has 1 atom stereocenters. The fourth-order valence-electron chi connectivity index (χ4n) is 1.48. The standard InChI is InChI=1S/C11H14N4OS/c1-7-15-10(5-17-7)9(12)3-8-4-11(16-2)14-6-13-8/h4-6,9H,3,12H2,1-2H3. The average molecular weight is 250 g/mol. The molecule has 0 aliphatic rings. The first-order chi connectivity index (χ1) is 8.19. The number of aromatic nitrogens is 3. The van der Waals surface area contributed by atoms with Gasteiger partial charge >= 0.3 is 0 Å². The topological polar surface area (TPSA) is 73.9 Å². The highest BCUT2D eigenvalue weighted by molar-refractivity contribution is 7.09. The zero-order valence-corrected chi connectivity index (χ0v) is 10.6. The van der Waals surface area contributed by atoms with Crippen LogP contribution in [0.2, 0.25) is 0 Å². The quantitative estimate of drug-likeness (QED) is 0.890. The van der Waals surface area contributed by atoms with E-state index in [1.54, 1.807) is 24.5 Å². The number of nitrogens with two attached hydrogens (primary N) is 1. The van der Waals surface area contributed by atoms with Gasteiger partial charge in [-0.3, -0.25) is 0 Å². The lowest BCUT2D eigenvalue weighted by atomic mass is 10.1. The lowest BCUT2D eigenvalue weighted by Gasteiger charge is -2.08. The van der Waals surface area contributed by atoms with Crippen LogP contribution < -0.4 is 10.5 Å². The average Bonchev–Trinajstić information content (AvgIpc) is 2.76. The van der Waals surface area contributed by atoms with Crippen LogP contribution in [0.3, 0.4) is 0 Å². The highest BCUT2D eigenvalue weighted by atomic mass is 32.1. The lowest BCUT2D eigenvalue weighted by molar-refractivity contribution is 0.395. The van der Waals surface area contributed by atoms with E-state index < -0.39 is 0 Å². The van der Waals surface area contributed by atoms with E-state index in [4.69, 9.17) is 10.5 Å². The zero-order valence-electron chi connectivity index (χ0n) is 9.75. The van der Waals surface area contributed by atoms with Gasteiger partial charge in [-0.2, -0.15) is 0 Å². The molecule has 2 heterocycles. The van der Waals surface area contributed by atoms with E-state index in [0.29, 0.717) is 12.3 Å². The largest absolute Gasteiger partial charge is 0.481 e. The van der Waals surface area contributed by atoms with Crippen LogP contribution in [0.4, 0.5) is 0 Å². The van der Waals surface area contributed by atoms with Crippen molar-refractivity contribution in [1.82, 2.24) is 15.0 Å². The molecular formula is C11H14N4OS. The van der Waals surface area contributed by atoms with Crippen molar-refractivity contribution >= 4 is 11.3 Å². The Labute approximate surface area is 104 Å². The van der Waals surface area contributed by atoms with Crippen molar-refractivity contribution in [1.29, 1.82) is 0 Å². The molecule has 1 unspecified atom stereocenters. The molecule has 0 fully saturated rings. The number of nitrogens with zero attached hydrogens (tertiary/aromatic N) is 3. The van der Waals surface area contributed by atoms with E-state index in [2.05, 4.69) is 15.0 Å². The molecule has 2 aromatic heterocycles. The van der Waals surface area contributed by atoms with Gasteiger partial charge in [0.1, 0.15) is 6.33 Å². The Bertz CT molecular complexity index is 500. The van der Waals surface area contributed by atoms with Crippen LogP contribution in [0.15, 0.2) is 17.8 Å². The predicted octanol–water partition coefficient (Wildman–Crippen LogP) is 1.49. The maximum atomic E-state index is 6.07. The van der Waals surface area contributed by atoms with Gasteiger partial charge in [0.2, 0.25) is 5.88 Å². The Morgan fingerprint density at radius 3 is 2.94 bits per heavy atom. The summed E-state index contributed by atoms with van der Waals surface area (Å²) in [6.07, 6.45) is 2.11. The molecule has 0 bridgehead atoms. The third-order valence-electron chi connectivity index (χ3n) is 2.35. The SMILES string of the molecule is COc1cc(CC(N)c2csc(C)n2)ncn1. The number of hydrogen-bond donors (Lipinski definition) is 1. The Hall–Kier alpha value is -1.53. The van der Waals surface area contributed by atoms with Crippen LogP contribution in [0, 0.1) is 6.92 Å². The second kappa shape index (κ2) is 5.20. The van der Waals surface area contributed by atoms with Gasteiger partial charge < -0.3 is 10.5 Å². The molecule has 0 saturated carbocycles. The van der Waals surface area contributed by atoms with Crippen LogP contribution in [-0.4, -0.2) is 22.1 Å². The van der Waals surface area contributed by atoms with Crippen molar-refractivity contribution in [3.8, 4) is 5.88 Å². The fourth-order valence-corrected chi connectivity index (χ4v) is 2.16. The van der Waals surface area contributed by atoms with Crippen molar-refractivity contribution in [2.75, 3.05) is 7.11 Å². The first-order valence-corrected chi connectivity index (χ1v) is 6.09. The predicted molar refractivity (Wildman–Crippen MR) is 66.1 cm³/mol. The lowest BCUT2D eigenvalue weighted by Crippen LogP contribution is -2.14. The normalized spacial score (nSPS) is 12.4. The highest BCUT2D eigenvalue weighted by Crippen LogP contribution is 2.18. The van der Waals surface area contributed by atoms with Gasteiger partial charge in [0.25, 0.3) is 0 Å². The third kappa shape index (κ3) is 2.98. The molecule has 0 aliphatic carbocycles. The van der Waals surface area contributed by atoms with Gasteiger partial charge in [0.15, 0.2) is 0 Å². The summed E-state index contributed by atoms with van der Waals surface area (Å²) in [5.41, 5.74) is 7.84. The summed E-state index contributed by atoms with van der Waals surface area (Å²) in [6.45, 7) is 1.97. The summed E-state index contributed by atoms with van der Waals surface area (Å²) in [6, 6.07) is 1.65. The van der Waals surface area contributed by atoms with Gasteiger partial charge in [-0.25, -0.2) is 15.0 Å². The molecule has 0 aromatic carbocycles. The van der Waals surface area contributed by atoms with Crippen LogP contribution in [-0.2, 0) is 6.42 Å². The Kier molecular flexibility index (Phi) is 3.65. The van der Waals surface area contributed by atoms with Crippen LogP contribution in [0.1, 0.15) is 22.4 Å². The molecule has 0 spiro atoms. The number of rotatable bonds is 4. The highest BCUT2D eigenvalue weighted by Gasteiger charge is 2.11. The molecule has 2 rings (SSSR count). The van der Waals surface area contributed by atoms with Gasteiger partial charge in [-0.1, -0.05) is 0 Å². The fraction of sp³-hybridized carbons (Fsp3) is 0.364. The summed E-state index contributed by atoms with van der Waals surface area (Å²) in [5, 5.41) is 3.01. The Morgan fingerprint density at radius 2 is 2.29 bits per heavy atom. The van der Waals surface area contributed by atoms with Crippen LogP contribution >= 0.6 is 11.3 Å². The van der Waals surface area contributed by atoms with Gasteiger partial charge in [0.05, 0.1) is 23.9 Å². The number of methoxy groups -OCH3 is 1. The van der Waals surface area contributed by atoms with E-state index in [9.17, 15) is 0 Å². The summed E-state index contributed by atoms with van der Waals surface area (Å²) >= 11 is 1.60. The van der Waals surface area contributed by atoms with Crippen molar-refractivity contribution in [2.24, 2.45) is 5.73 Å². The molecule has 90 valence electrons. The van der Waals surface area contributed by atoms with E-state index in [1.807, 2.05) is 12.3 Å². The van der Waals surface area contributed by atoms with Crippen molar-refractivity contribution in [3.63, 3.8) is 0 Å². The first kappa shape index (κ1) is 11.9. The maximum absolute atomic E-state index is 6.07. The zero-order chi connectivity index (χ0) is 12.3. The molecule has 0 aliphatic heterocycles. The Morgan fingerprint density at radius 1 is 1.47 bits per heavy atom. The van der Waals surface area contributed by atoms with Crippen LogP contribution in [0.25, 0.3) is 0 Å². The van der Waals surface area contributed by atoms with Crippen molar-refractivity contribution < 1.29 is 4.74 Å². The van der Waals surface area contributed by atoms with Gasteiger partial charge in [0, 0.05) is 23.6 Å². The van der Waals surface area contributed by atoms with E-state index in [1.165, 1.54) is 6.33 Å². The second-order valence-electron chi connectivity index (χ2n) is 3.65. The summed E-state index contributed by atoms with van der Waals surface area (Å²) in [7, 11) is 1.58. The summed E-state index contributed by atoms with van der Waals surface area (Å²) < 4.78 is 5.04. The molecular weight excluding hydrogens is 236 g/mol. The van der Waals surface area contributed by atoms with Gasteiger partial charge in [-0.15, -0.1) is 11.3 Å². The second-order valence-corrected chi connectivity index (χ2v) is 4.72. The van der Waals surface area contributed by atoms with E-state index in [0.717, 1.165) is 16.4 Å². The number of hydrogen-bond acceptors (Lipinski definition) is 6. The summed E-state index contributed by atoms with van der Waals surface area (Å²) in [5.74, 6) is 0.552. The third-order valence-corrected chi connectivity index (χ3v) is 3.15. The minimum absolute atomic E-state index is 0.139. The van der Waals surface area contributed by atoms with Crippen molar-refractivity contribution in [2.45, 2.75) is 19.4 Å². The molecule has 2 aromatic rings. The molecule has 2 N–H and O–H groups in total. The number of thiazole rings is 1. The van der Waals surface area contributed by atoms with Crippen molar-refractivity contribution in [3.05, 3.63) is 34.2 Å². The minimum atomic E-state index is -0.139. The molecule has 5 nitrogen and oxygen atoms in total.